The van der Waals surface area contributed by atoms with Crippen molar-refractivity contribution in [2.45, 2.75) is 13.0 Å². The van der Waals surface area contributed by atoms with Crippen LogP contribution in [0.15, 0.2) is 35.7 Å². The Hall–Kier alpha value is -1.52. The van der Waals surface area contributed by atoms with Gasteiger partial charge in [-0.05, 0) is 42.1 Å². The first-order valence-electron chi connectivity index (χ1n) is 5.80. The van der Waals surface area contributed by atoms with Gasteiger partial charge in [0.25, 0.3) is 0 Å². The Morgan fingerprint density at radius 3 is 2.83 bits per heavy atom. The van der Waals surface area contributed by atoms with Crippen LogP contribution in [0, 0.1) is 6.92 Å². The van der Waals surface area contributed by atoms with Crippen molar-refractivity contribution in [3.63, 3.8) is 0 Å². The number of thiophene rings is 1. The fraction of sp³-hybridized carbons (Fsp3) is 0.286. The lowest BCUT2D eigenvalue weighted by atomic mass is 10.2. The molecule has 0 amide bonds. The van der Waals surface area contributed by atoms with E-state index in [0.29, 0.717) is 6.54 Å². The Labute approximate surface area is 111 Å². The quantitative estimate of drug-likeness (QED) is 0.870. The number of rotatable bonds is 5. The van der Waals surface area contributed by atoms with E-state index in [4.69, 9.17) is 4.74 Å². The highest BCUT2D eigenvalue weighted by atomic mass is 32.1. The second-order valence-corrected chi connectivity index (χ2v) is 5.07. The molecule has 0 saturated carbocycles. The number of hydrogen-bond donors (Lipinski definition) is 2. The van der Waals surface area contributed by atoms with Gasteiger partial charge in [-0.2, -0.15) is 0 Å². The van der Waals surface area contributed by atoms with Crippen LogP contribution in [0.25, 0.3) is 0 Å². The molecule has 1 aromatic heterocycles. The minimum absolute atomic E-state index is 0.466. The van der Waals surface area contributed by atoms with Crippen molar-refractivity contribution in [1.82, 2.24) is 0 Å². The van der Waals surface area contributed by atoms with Crippen molar-refractivity contribution in [3.8, 4) is 5.75 Å². The molecule has 0 saturated heterocycles. The van der Waals surface area contributed by atoms with Gasteiger partial charge >= 0.3 is 0 Å². The first kappa shape index (κ1) is 12.9. The van der Waals surface area contributed by atoms with E-state index >= 15 is 0 Å². The molecule has 1 atom stereocenters. The number of benzene rings is 1. The van der Waals surface area contributed by atoms with E-state index in [2.05, 4.69) is 5.32 Å². The van der Waals surface area contributed by atoms with Crippen LogP contribution in [-0.2, 0) is 0 Å². The molecule has 1 aromatic carbocycles. The summed E-state index contributed by atoms with van der Waals surface area (Å²) in [4.78, 5) is 0.980. The lowest BCUT2D eigenvalue weighted by molar-refractivity contribution is 0.195. The summed E-state index contributed by atoms with van der Waals surface area (Å²) in [6.45, 7) is 2.52. The Morgan fingerprint density at radius 1 is 1.39 bits per heavy atom. The van der Waals surface area contributed by atoms with Crippen molar-refractivity contribution < 1.29 is 9.84 Å². The molecule has 96 valence electrons. The molecule has 0 aliphatic carbocycles. The van der Waals surface area contributed by atoms with Crippen molar-refractivity contribution in [2.24, 2.45) is 0 Å². The van der Waals surface area contributed by atoms with E-state index in [1.165, 1.54) is 0 Å². The van der Waals surface area contributed by atoms with Gasteiger partial charge in [-0.15, -0.1) is 11.3 Å². The Balaban J connectivity index is 1.98. The van der Waals surface area contributed by atoms with Crippen LogP contribution >= 0.6 is 11.3 Å². The maximum Gasteiger partial charge on any atom is 0.119 e. The molecule has 0 spiro atoms. The van der Waals surface area contributed by atoms with E-state index in [0.717, 1.165) is 21.9 Å². The molecule has 0 aliphatic rings. The third-order valence-corrected chi connectivity index (χ3v) is 3.76. The lowest BCUT2D eigenvalue weighted by Gasteiger charge is -2.14. The minimum atomic E-state index is -0.466. The summed E-state index contributed by atoms with van der Waals surface area (Å²) in [6.07, 6.45) is -0.466. The summed E-state index contributed by atoms with van der Waals surface area (Å²) in [7, 11) is 1.66. The van der Waals surface area contributed by atoms with Crippen molar-refractivity contribution in [3.05, 3.63) is 46.2 Å². The molecule has 4 heteroatoms. The summed E-state index contributed by atoms with van der Waals surface area (Å²) in [5, 5.41) is 15.2. The number of methoxy groups -OCH3 is 1. The number of aliphatic hydroxyl groups is 1. The molecule has 0 radical (unpaired) electrons. The molecule has 0 fully saturated rings. The molecule has 3 nitrogen and oxygen atoms in total. The molecule has 2 N–H and O–H groups in total. The summed E-state index contributed by atoms with van der Waals surface area (Å²) >= 11 is 1.57. The van der Waals surface area contributed by atoms with Crippen LogP contribution < -0.4 is 10.1 Å². The molecule has 18 heavy (non-hydrogen) atoms. The second kappa shape index (κ2) is 5.89. The van der Waals surface area contributed by atoms with Crippen molar-refractivity contribution in [1.29, 1.82) is 0 Å². The smallest absolute Gasteiger partial charge is 0.119 e. The van der Waals surface area contributed by atoms with Gasteiger partial charge in [0.1, 0.15) is 11.9 Å². The van der Waals surface area contributed by atoms with E-state index in [1.807, 2.05) is 42.6 Å². The molecular weight excluding hydrogens is 246 g/mol. The van der Waals surface area contributed by atoms with Gasteiger partial charge in [0.2, 0.25) is 0 Å². The number of aryl methyl sites for hydroxylation is 1. The van der Waals surface area contributed by atoms with E-state index in [9.17, 15) is 5.11 Å². The molecule has 1 unspecified atom stereocenters. The lowest BCUT2D eigenvalue weighted by Crippen LogP contribution is -2.11. The third-order valence-electron chi connectivity index (χ3n) is 2.79. The number of aliphatic hydroxyl groups excluding tert-OH is 1. The summed E-state index contributed by atoms with van der Waals surface area (Å²) < 4.78 is 5.16. The topological polar surface area (TPSA) is 41.5 Å². The van der Waals surface area contributed by atoms with Crippen LogP contribution in [0.3, 0.4) is 0 Å². The molecule has 0 bridgehead atoms. The fourth-order valence-corrected chi connectivity index (χ4v) is 2.46. The largest absolute Gasteiger partial charge is 0.497 e. The zero-order valence-electron chi connectivity index (χ0n) is 10.5. The van der Waals surface area contributed by atoms with Gasteiger partial charge in [0, 0.05) is 17.1 Å². The van der Waals surface area contributed by atoms with Crippen LogP contribution in [0.5, 0.6) is 5.75 Å². The van der Waals surface area contributed by atoms with Gasteiger partial charge in [-0.3, -0.25) is 0 Å². The van der Waals surface area contributed by atoms with Gasteiger partial charge < -0.3 is 15.2 Å². The van der Waals surface area contributed by atoms with E-state index in [1.54, 1.807) is 18.4 Å². The summed E-state index contributed by atoms with van der Waals surface area (Å²) in [5.41, 5.74) is 2.12. The van der Waals surface area contributed by atoms with Crippen molar-refractivity contribution in [2.75, 3.05) is 19.0 Å². The average molecular weight is 263 g/mol. The standard InChI is InChI=1S/C14H17NO2S/c1-10-8-11(17-2)5-6-12(10)15-9-13(16)14-4-3-7-18-14/h3-8,13,15-16H,9H2,1-2H3. The predicted molar refractivity (Wildman–Crippen MR) is 75.5 cm³/mol. The fourth-order valence-electron chi connectivity index (χ4n) is 1.75. The molecule has 1 heterocycles. The zero-order valence-corrected chi connectivity index (χ0v) is 11.3. The first-order valence-corrected chi connectivity index (χ1v) is 6.68. The zero-order chi connectivity index (χ0) is 13.0. The van der Waals surface area contributed by atoms with Crippen LogP contribution in [0.1, 0.15) is 16.5 Å². The molecular formula is C14H17NO2S. The number of anilines is 1. The number of hydrogen-bond acceptors (Lipinski definition) is 4. The van der Waals surface area contributed by atoms with Gasteiger partial charge in [0.05, 0.1) is 7.11 Å². The average Bonchev–Trinajstić information content (AvgIpc) is 2.90. The normalized spacial score (nSPS) is 12.2. The number of nitrogens with one attached hydrogen (secondary N) is 1. The minimum Gasteiger partial charge on any atom is -0.497 e. The summed E-state index contributed by atoms with van der Waals surface area (Å²) in [6, 6.07) is 9.74. The van der Waals surface area contributed by atoms with Gasteiger partial charge in [0.15, 0.2) is 0 Å². The van der Waals surface area contributed by atoms with Gasteiger partial charge in [-0.25, -0.2) is 0 Å². The molecule has 2 rings (SSSR count). The van der Waals surface area contributed by atoms with E-state index in [-0.39, 0.29) is 0 Å². The maximum atomic E-state index is 9.99. The van der Waals surface area contributed by atoms with Crippen LogP contribution in [0.4, 0.5) is 5.69 Å². The first-order chi connectivity index (χ1) is 8.70. The maximum absolute atomic E-state index is 9.99. The Kier molecular flexibility index (Phi) is 4.23. The van der Waals surface area contributed by atoms with Gasteiger partial charge in [-0.1, -0.05) is 6.07 Å². The summed E-state index contributed by atoms with van der Waals surface area (Å²) in [5.74, 6) is 0.844. The highest BCUT2D eigenvalue weighted by Gasteiger charge is 2.08. The molecule has 0 aliphatic heterocycles. The number of ether oxygens (including phenoxy) is 1. The van der Waals surface area contributed by atoms with Crippen LogP contribution in [-0.4, -0.2) is 18.8 Å². The predicted octanol–water partition coefficient (Wildman–Crippen LogP) is 3.21. The Morgan fingerprint density at radius 2 is 2.22 bits per heavy atom. The second-order valence-electron chi connectivity index (χ2n) is 4.09. The monoisotopic (exact) mass is 263 g/mol. The van der Waals surface area contributed by atoms with E-state index < -0.39 is 6.10 Å². The SMILES string of the molecule is COc1ccc(NCC(O)c2cccs2)c(C)c1. The highest BCUT2D eigenvalue weighted by molar-refractivity contribution is 7.10. The third kappa shape index (κ3) is 3.03. The Bertz CT molecular complexity index is 497. The van der Waals surface area contributed by atoms with Crippen LogP contribution in [0.2, 0.25) is 0 Å². The highest BCUT2D eigenvalue weighted by Crippen LogP contribution is 2.23. The van der Waals surface area contributed by atoms with Crippen molar-refractivity contribution >= 4 is 17.0 Å². The molecule has 2 aromatic rings.